The van der Waals surface area contributed by atoms with Gasteiger partial charge < -0.3 is 15.2 Å². The molecule has 2 aromatic heterocycles. The number of hydrogen-bond donors (Lipinski definition) is 2. The van der Waals surface area contributed by atoms with E-state index in [1.807, 2.05) is 13.8 Å². The quantitative estimate of drug-likeness (QED) is 0.357. The minimum Gasteiger partial charge on any atom is -0.394 e. The second kappa shape index (κ2) is 7.47. The fourth-order valence-electron chi connectivity index (χ4n) is 2.78. The van der Waals surface area contributed by atoms with Gasteiger partial charge in [-0.25, -0.2) is 15.0 Å². The molecule has 10 heteroatoms. The predicted molar refractivity (Wildman–Crippen MR) is 91.8 cm³/mol. The van der Waals surface area contributed by atoms with Crippen LogP contribution in [0.3, 0.4) is 0 Å². The molecule has 132 valence electrons. The summed E-state index contributed by atoms with van der Waals surface area (Å²) in [5.41, 5.74) is 11.1. The molecule has 1 fully saturated rings. The van der Waals surface area contributed by atoms with Gasteiger partial charge in [0.2, 0.25) is 0 Å². The maximum Gasteiger partial charge on any atom is 0.167 e. The Bertz CT molecular complexity index is 822. The van der Waals surface area contributed by atoms with E-state index < -0.39 is 18.4 Å². The molecule has 2 aromatic rings. The monoisotopic (exact) mass is 344 g/mol. The third-order valence-corrected chi connectivity index (χ3v) is 4.03. The molecule has 0 bridgehead atoms. The normalized spacial score (nSPS) is 22.6. The first-order chi connectivity index (χ1) is 12.1. The Hall–Kier alpha value is -2.68. The van der Waals surface area contributed by atoms with Crippen molar-refractivity contribution in [3.8, 4) is 0 Å². The molecule has 1 saturated heterocycles. The van der Waals surface area contributed by atoms with Crippen molar-refractivity contribution in [3.05, 3.63) is 34.7 Å². The van der Waals surface area contributed by atoms with Crippen molar-refractivity contribution in [2.24, 2.45) is 5.11 Å². The molecule has 3 heterocycles. The number of anilines is 1. The summed E-state index contributed by atoms with van der Waals surface area (Å²) in [5, 5.41) is 16.3. The molecule has 2 N–H and O–H groups in total. The van der Waals surface area contributed by atoms with Gasteiger partial charge in [0.1, 0.15) is 12.6 Å². The number of fused-ring (bicyclic) bond motifs is 1. The van der Waals surface area contributed by atoms with Gasteiger partial charge in [-0.15, -0.1) is 0 Å². The standard InChI is InChI=1S/C15H20N8O2/c1-9(2)3-4-17-14-13-15(19-7-18-14)23(8-20-13)12-5-10(21-22-16)11(6-24)25-12/h3,7-8,10-12,24H,4-6H2,1-2H3,(H,17,18,19)/t10-,11+,12-/m0/s1. The Morgan fingerprint density at radius 2 is 2.36 bits per heavy atom. The Morgan fingerprint density at radius 1 is 1.52 bits per heavy atom. The Kier molecular flexibility index (Phi) is 5.13. The largest absolute Gasteiger partial charge is 0.394 e. The van der Waals surface area contributed by atoms with E-state index in [2.05, 4.69) is 36.4 Å². The van der Waals surface area contributed by atoms with Crippen LogP contribution < -0.4 is 5.32 Å². The van der Waals surface area contributed by atoms with Crippen LogP contribution in [-0.4, -0.2) is 49.9 Å². The van der Waals surface area contributed by atoms with Crippen LogP contribution in [0.1, 0.15) is 26.5 Å². The summed E-state index contributed by atoms with van der Waals surface area (Å²) < 4.78 is 7.57. The number of allylic oxidation sites excluding steroid dienone is 1. The van der Waals surface area contributed by atoms with Crippen LogP contribution in [-0.2, 0) is 4.74 Å². The number of aliphatic hydroxyl groups is 1. The molecule has 25 heavy (non-hydrogen) atoms. The van der Waals surface area contributed by atoms with Gasteiger partial charge in [-0.05, 0) is 19.4 Å². The first-order valence-electron chi connectivity index (χ1n) is 7.99. The van der Waals surface area contributed by atoms with E-state index in [0.29, 0.717) is 29.9 Å². The van der Waals surface area contributed by atoms with Crippen LogP contribution in [0.5, 0.6) is 0 Å². The predicted octanol–water partition coefficient (Wildman–Crippen LogP) is 2.16. The summed E-state index contributed by atoms with van der Waals surface area (Å²) in [7, 11) is 0. The highest BCUT2D eigenvalue weighted by atomic mass is 16.5. The van der Waals surface area contributed by atoms with Gasteiger partial charge in [0.25, 0.3) is 0 Å². The van der Waals surface area contributed by atoms with Gasteiger partial charge in [0.05, 0.1) is 25.1 Å². The van der Waals surface area contributed by atoms with Crippen LogP contribution in [0.25, 0.3) is 21.6 Å². The smallest absolute Gasteiger partial charge is 0.167 e. The van der Waals surface area contributed by atoms with Gasteiger partial charge in [-0.2, -0.15) is 0 Å². The van der Waals surface area contributed by atoms with Crippen molar-refractivity contribution < 1.29 is 9.84 Å². The SMILES string of the molecule is CC(C)=CCNc1ncnc2c1ncn2[C@@H]1C[C@H](N=[N+]=[N-])[C@@H](CO)O1. The highest BCUT2D eigenvalue weighted by Gasteiger charge is 2.36. The first kappa shape index (κ1) is 17.2. The second-order valence-electron chi connectivity index (χ2n) is 6.03. The lowest BCUT2D eigenvalue weighted by atomic mass is 10.1. The van der Waals surface area contributed by atoms with Crippen LogP contribution in [0.2, 0.25) is 0 Å². The zero-order valence-electron chi connectivity index (χ0n) is 14.1. The molecule has 3 atom stereocenters. The van der Waals surface area contributed by atoms with Crippen LogP contribution in [0.4, 0.5) is 5.82 Å². The maximum absolute atomic E-state index is 9.40. The topological polar surface area (TPSA) is 134 Å². The Morgan fingerprint density at radius 3 is 3.08 bits per heavy atom. The molecular weight excluding hydrogens is 324 g/mol. The third kappa shape index (κ3) is 3.55. The van der Waals surface area contributed by atoms with Gasteiger partial charge in [-0.3, -0.25) is 4.57 Å². The lowest BCUT2D eigenvalue weighted by Crippen LogP contribution is -2.22. The molecule has 0 saturated carbocycles. The second-order valence-corrected chi connectivity index (χ2v) is 6.03. The Labute approximate surface area is 144 Å². The molecule has 0 unspecified atom stereocenters. The third-order valence-electron chi connectivity index (χ3n) is 4.03. The lowest BCUT2D eigenvalue weighted by Gasteiger charge is -2.14. The molecule has 3 rings (SSSR count). The van der Waals surface area contributed by atoms with Crippen molar-refractivity contribution in [2.75, 3.05) is 18.5 Å². The minimum atomic E-state index is -0.532. The van der Waals surface area contributed by atoms with Crippen molar-refractivity contribution in [3.63, 3.8) is 0 Å². The van der Waals surface area contributed by atoms with Gasteiger partial charge in [0, 0.05) is 17.9 Å². The minimum absolute atomic E-state index is 0.211. The van der Waals surface area contributed by atoms with Crippen molar-refractivity contribution >= 4 is 17.0 Å². The van der Waals surface area contributed by atoms with Crippen LogP contribution >= 0.6 is 0 Å². The van der Waals surface area contributed by atoms with Gasteiger partial charge >= 0.3 is 0 Å². The Balaban J connectivity index is 1.86. The summed E-state index contributed by atoms with van der Waals surface area (Å²) in [6.07, 6.45) is 4.67. The van der Waals surface area contributed by atoms with E-state index in [1.165, 1.54) is 11.9 Å². The zero-order chi connectivity index (χ0) is 17.8. The summed E-state index contributed by atoms with van der Waals surface area (Å²) in [4.78, 5) is 15.8. The van der Waals surface area contributed by atoms with E-state index in [4.69, 9.17) is 10.3 Å². The number of nitrogens with zero attached hydrogens (tertiary/aromatic N) is 7. The van der Waals surface area contributed by atoms with Crippen molar-refractivity contribution in [2.45, 2.75) is 38.6 Å². The molecule has 0 spiro atoms. The number of ether oxygens (including phenoxy) is 1. The molecule has 0 radical (unpaired) electrons. The summed E-state index contributed by atoms with van der Waals surface area (Å²) in [6.45, 7) is 4.49. The zero-order valence-corrected chi connectivity index (χ0v) is 14.1. The number of hydrogen-bond acceptors (Lipinski definition) is 7. The fourth-order valence-corrected chi connectivity index (χ4v) is 2.78. The number of aromatic nitrogens is 4. The van der Waals surface area contributed by atoms with E-state index in [9.17, 15) is 5.11 Å². The van der Waals surface area contributed by atoms with Crippen LogP contribution in [0.15, 0.2) is 29.4 Å². The molecule has 10 nitrogen and oxygen atoms in total. The molecule has 0 aliphatic carbocycles. The van der Waals surface area contributed by atoms with E-state index in [1.54, 1.807) is 10.9 Å². The number of imidazole rings is 1. The van der Waals surface area contributed by atoms with E-state index >= 15 is 0 Å². The van der Waals surface area contributed by atoms with Crippen molar-refractivity contribution in [1.29, 1.82) is 0 Å². The summed E-state index contributed by atoms with van der Waals surface area (Å²) in [5.74, 6) is 0.643. The van der Waals surface area contributed by atoms with Gasteiger partial charge in [0.15, 0.2) is 17.0 Å². The first-order valence-corrected chi connectivity index (χ1v) is 7.99. The number of rotatable bonds is 6. The van der Waals surface area contributed by atoms with Gasteiger partial charge in [-0.1, -0.05) is 16.8 Å². The van der Waals surface area contributed by atoms with Crippen LogP contribution in [0, 0.1) is 0 Å². The van der Waals surface area contributed by atoms with E-state index in [0.717, 1.165) is 0 Å². The van der Waals surface area contributed by atoms with E-state index in [-0.39, 0.29) is 6.61 Å². The highest BCUT2D eigenvalue weighted by Crippen LogP contribution is 2.33. The highest BCUT2D eigenvalue weighted by molar-refractivity contribution is 5.82. The average molecular weight is 344 g/mol. The molecule has 1 aliphatic heterocycles. The number of azide groups is 1. The molecule has 1 aliphatic rings. The fraction of sp³-hybridized carbons (Fsp3) is 0.533. The summed E-state index contributed by atoms with van der Waals surface area (Å²) in [6, 6.07) is -0.422. The molecule has 0 amide bonds. The lowest BCUT2D eigenvalue weighted by molar-refractivity contribution is -0.0233. The number of nitrogens with one attached hydrogen (secondary N) is 1. The molecular formula is C15H20N8O2. The van der Waals surface area contributed by atoms with Crippen molar-refractivity contribution in [1.82, 2.24) is 19.5 Å². The molecule has 0 aromatic carbocycles. The number of aliphatic hydroxyl groups excluding tert-OH is 1. The maximum atomic E-state index is 9.40. The summed E-state index contributed by atoms with van der Waals surface area (Å²) >= 11 is 0. The average Bonchev–Trinajstić information content (AvgIpc) is 3.19.